The molecule has 0 bridgehead atoms. The number of nitriles is 2. The molecule has 2 aliphatic rings. The van der Waals surface area contributed by atoms with Crippen molar-refractivity contribution >= 4 is 24.2 Å². The summed E-state index contributed by atoms with van der Waals surface area (Å²) in [6.45, 7) is 0. The van der Waals surface area contributed by atoms with Gasteiger partial charge in [0.05, 0.1) is 34.1 Å². The predicted octanol–water partition coefficient (Wildman–Crippen LogP) is 23.6. The Hall–Kier alpha value is -15.4. The van der Waals surface area contributed by atoms with Crippen molar-refractivity contribution in [3.63, 3.8) is 0 Å². The molecule has 118 heavy (non-hydrogen) atoms. The van der Waals surface area contributed by atoms with Crippen LogP contribution in [0.2, 0.25) is 5.02 Å². The van der Waals surface area contributed by atoms with Crippen molar-refractivity contribution in [1.29, 1.82) is 10.5 Å². The third-order valence-electron chi connectivity index (χ3n) is 22.8. The normalized spacial score (nSPS) is 13.3. The van der Waals surface area contributed by atoms with Crippen LogP contribution in [0.3, 0.4) is 0 Å². The minimum Gasteiger partial charge on any atom is -0.532 e. The van der Waals surface area contributed by atoms with Gasteiger partial charge in [0, 0.05) is 38.4 Å². The molecule has 0 saturated heterocycles. The zero-order valence-corrected chi connectivity index (χ0v) is 64.2. The molecule has 2 aromatic heterocycles. The molecule has 1 unspecified atom stereocenters. The van der Waals surface area contributed by atoms with E-state index in [0.29, 0.717) is 79.0 Å². The molecule has 12 heteroatoms. The molecule has 20 rings (SSSR count). The van der Waals surface area contributed by atoms with Crippen LogP contribution in [0, 0.1) is 22.7 Å². The number of benzene rings is 16. The van der Waals surface area contributed by atoms with Crippen molar-refractivity contribution in [2.75, 3.05) is 0 Å². The Morgan fingerprint density at radius 3 is 1.13 bits per heavy atom. The Morgan fingerprint density at radius 2 is 0.627 bits per heavy atom. The highest BCUT2D eigenvalue weighted by Crippen LogP contribution is 2.59. The highest BCUT2D eigenvalue weighted by molar-refractivity contribution is 6.60. The van der Waals surface area contributed by atoms with Crippen molar-refractivity contribution in [3.8, 4) is 153 Å². The Kier molecular flexibility index (Phi) is 18.3. The van der Waals surface area contributed by atoms with Crippen LogP contribution in [0.25, 0.3) is 135 Å². The highest BCUT2D eigenvalue weighted by Gasteiger charge is 2.48. The molecule has 0 fully saturated rings. The van der Waals surface area contributed by atoms with Crippen molar-refractivity contribution in [1.82, 2.24) is 29.9 Å². The molecule has 0 radical (unpaired) electrons. The second-order valence-corrected chi connectivity index (χ2v) is 30.1. The first-order valence-electron chi connectivity index (χ1n) is 39.1. The summed E-state index contributed by atoms with van der Waals surface area (Å²) >= 11 is 7.19. The van der Waals surface area contributed by atoms with Crippen LogP contribution in [-0.2, 0) is 10.8 Å². The molecule has 0 amide bonds. The minimum absolute atomic E-state index is 0.389. The van der Waals surface area contributed by atoms with Crippen LogP contribution in [0.4, 0.5) is 0 Å². The molecule has 0 saturated carbocycles. The number of nitrogens with zero attached hydrogens (tertiary/aromatic N) is 8. The summed E-state index contributed by atoms with van der Waals surface area (Å²) in [6, 6.07) is 139. The van der Waals surface area contributed by atoms with Gasteiger partial charge >= 0.3 is 7.12 Å². The quantitative estimate of drug-likeness (QED) is 0.0871. The summed E-state index contributed by atoms with van der Waals surface area (Å²) in [5.41, 5.74) is 24.7. The summed E-state index contributed by atoms with van der Waals surface area (Å²) in [5, 5.41) is 34.0. The van der Waals surface area contributed by atoms with E-state index in [0.717, 1.165) is 94.6 Å². The van der Waals surface area contributed by atoms with E-state index in [2.05, 4.69) is 212 Å². The zero-order valence-electron chi connectivity index (χ0n) is 63.4. The van der Waals surface area contributed by atoms with E-state index < -0.39 is 17.9 Å². The summed E-state index contributed by atoms with van der Waals surface area (Å²) in [5.74, 6) is 3.32. The van der Waals surface area contributed by atoms with Gasteiger partial charge < -0.3 is 9.68 Å². The maximum Gasteiger partial charge on any atom is 0.560 e. The van der Waals surface area contributed by atoms with E-state index in [-0.39, 0.29) is 0 Å². The van der Waals surface area contributed by atoms with Gasteiger partial charge in [-0.15, -0.1) is 0 Å². The molecule has 10 nitrogen and oxygen atoms in total. The molecular weight excluding hydrogens is 1460 g/mol. The van der Waals surface area contributed by atoms with Crippen LogP contribution in [0.15, 0.2) is 394 Å². The van der Waals surface area contributed by atoms with Crippen LogP contribution in [-0.4, -0.2) is 42.0 Å². The molecule has 2 aliphatic carbocycles. The fourth-order valence-corrected chi connectivity index (χ4v) is 17.7. The van der Waals surface area contributed by atoms with Gasteiger partial charge in [-0.1, -0.05) is 321 Å². The first-order valence-corrected chi connectivity index (χ1v) is 39.4. The number of hydrogen-bond donors (Lipinski definition) is 1. The molecule has 1 N–H and O–H groups in total. The van der Waals surface area contributed by atoms with Crippen LogP contribution < -0.4 is 10.1 Å². The Labute approximate surface area is 688 Å². The molecule has 16 aromatic carbocycles. The molecule has 2 heterocycles. The molecule has 0 spiro atoms. The van der Waals surface area contributed by atoms with Gasteiger partial charge in [-0.25, -0.2) is 29.9 Å². The number of halogens is 1. The zero-order chi connectivity index (χ0) is 79.3. The van der Waals surface area contributed by atoms with E-state index in [9.17, 15) is 15.5 Å². The monoisotopic (exact) mass is 1530 g/mol. The van der Waals surface area contributed by atoms with E-state index >= 15 is 0 Å². The number of fused-ring (bicyclic) bond motifs is 6. The van der Waals surface area contributed by atoms with Gasteiger partial charge in [0.1, 0.15) is 5.75 Å². The standard InChI is InChI=1S/C106H66BClN8O2/c108-88-60-80(59-82(61-88)104-114-99(70-25-7-1-8-26-70)111-100(115-104)71-27-9-2-10-28-71)74-51-54-93-91-42-20-22-44-96(91)106(98(93)63-74,85-37-17-6-18-38-85)86-39-24-40-89(64-86)118-107(117)87-52-49-77(67-110)94(65-87)75-31-23-32-76(55-75)102-112-101(72-29-11-3-12-30-72)113-103(116-102)81-57-78(69-47-45-68(66-109)46-48-69)56-79(58-81)73-50-53-92-90-41-19-21-43-95(90)105(97(92)62-73,83-33-13-4-14-34-83)84-35-15-5-16-36-84/h1-65,117H. The summed E-state index contributed by atoms with van der Waals surface area (Å²) < 4.78 is 6.72. The predicted molar refractivity (Wildman–Crippen MR) is 471 cm³/mol. The van der Waals surface area contributed by atoms with Crippen LogP contribution in [0.5, 0.6) is 5.75 Å². The second-order valence-electron chi connectivity index (χ2n) is 29.6. The maximum absolute atomic E-state index is 12.5. The second kappa shape index (κ2) is 30.2. The van der Waals surface area contributed by atoms with Crippen LogP contribution in [0.1, 0.15) is 55.6 Å². The molecule has 0 aliphatic heterocycles. The smallest absolute Gasteiger partial charge is 0.532 e. The van der Waals surface area contributed by atoms with Crippen LogP contribution >= 0.6 is 11.6 Å². The Morgan fingerprint density at radius 1 is 0.263 bits per heavy atom. The summed E-state index contributed by atoms with van der Waals surface area (Å²) in [7, 11) is -1.48. The molecule has 1 atom stereocenters. The lowest BCUT2D eigenvalue weighted by molar-refractivity contribution is 0.432. The van der Waals surface area contributed by atoms with Gasteiger partial charge in [-0.2, -0.15) is 10.5 Å². The van der Waals surface area contributed by atoms with Gasteiger partial charge in [0.2, 0.25) is 0 Å². The van der Waals surface area contributed by atoms with Gasteiger partial charge in [-0.3, -0.25) is 0 Å². The largest absolute Gasteiger partial charge is 0.560 e. The summed E-state index contributed by atoms with van der Waals surface area (Å²) in [6.07, 6.45) is 0. The van der Waals surface area contributed by atoms with Crippen molar-refractivity contribution in [2.45, 2.75) is 10.8 Å². The summed E-state index contributed by atoms with van der Waals surface area (Å²) in [4.78, 5) is 31.1. The fourth-order valence-electron chi connectivity index (χ4n) is 17.4. The number of rotatable bonds is 17. The van der Waals surface area contributed by atoms with Crippen molar-refractivity contribution in [2.24, 2.45) is 0 Å². The molecule has 18 aromatic rings. The topological polar surface area (TPSA) is 154 Å². The van der Waals surface area contributed by atoms with E-state index in [1.54, 1.807) is 12.1 Å². The Balaban J connectivity index is 0.656. The first kappa shape index (κ1) is 71.7. The lowest BCUT2D eigenvalue weighted by atomic mass is 9.67. The Bertz CT molecular complexity index is 6930. The number of aromatic nitrogens is 6. The third-order valence-corrected chi connectivity index (χ3v) is 23.1. The molecule has 552 valence electrons. The SMILES string of the molecule is N#Cc1ccc(-c2cc(-c3ccc4c(c3)C(c3ccccc3)(c3ccccc3)c3ccccc3-4)cc(-c3nc(-c4ccccc4)nc(-c4cccc(-c5cc(B(O)Oc6cccc(C7(c8ccccc8)c8ccccc8-c8ccc(-c9cc(Cl)cc(-c%10nc(-c%11ccccc%11)nc(-c%11ccccc%11)n%10)c9)cc87)c6)ccc5C#N)c4)n3)c2)cc1. The van der Waals surface area contributed by atoms with E-state index in [1.807, 2.05) is 182 Å². The third kappa shape index (κ3) is 12.8. The molecular formula is C106H66BClN8O2. The first-order chi connectivity index (χ1) is 58.1. The van der Waals surface area contributed by atoms with Gasteiger partial charge in [0.15, 0.2) is 34.9 Å². The van der Waals surface area contributed by atoms with Gasteiger partial charge in [0.25, 0.3) is 0 Å². The lowest BCUT2D eigenvalue weighted by Gasteiger charge is -2.34. The highest BCUT2D eigenvalue weighted by atomic mass is 35.5. The maximum atomic E-state index is 12.5. The van der Waals surface area contributed by atoms with Crippen molar-refractivity contribution < 1.29 is 9.68 Å². The van der Waals surface area contributed by atoms with Gasteiger partial charge in [-0.05, 0) is 202 Å². The fraction of sp³-hybridized carbons (Fsp3) is 0.0189. The van der Waals surface area contributed by atoms with E-state index in [4.69, 9.17) is 46.2 Å². The van der Waals surface area contributed by atoms with E-state index in [1.165, 1.54) is 33.4 Å². The van der Waals surface area contributed by atoms with Crippen molar-refractivity contribution in [3.05, 3.63) is 455 Å². The average Bonchev–Trinajstić information content (AvgIpc) is 1.54. The minimum atomic E-state index is -1.48. The lowest BCUT2D eigenvalue weighted by Crippen LogP contribution is -2.37. The number of hydrogen-bond acceptors (Lipinski definition) is 10. The average molecular weight is 1530 g/mol.